The average molecular weight is 474 g/mol. The minimum absolute atomic E-state index is 0. The molecule has 0 aromatic heterocycles. The SMILES string of the molecule is CC(C)c1cccc(NC(N)=NCc2cccc(S(N)(=O)=O)c2)c1.I. The lowest BCUT2D eigenvalue weighted by Crippen LogP contribution is -2.22. The molecule has 0 saturated carbocycles. The number of nitrogens with two attached hydrogens (primary N) is 2. The van der Waals surface area contributed by atoms with Gasteiger partial charge in [-0.2, -0.15) is 0 Å². The normalized spacial score (nSPS) is 11.9. The summed E-state index contributed by atoms with van der Waals surface area (Å²) in [5, 5.41) is 8.16. The molecule has 25 heavy (non-hydrogen) atoms. The molecule has 5 N–H and O–H groups in total. The number of rotatable bonds is 5. The van der Waals surface area contributed by atoms with E-state index in [1.807, 2.05) is 18.2 Å². The Morgan fingerprint density at radius 3 is 2.48 bits per heavy atom. The first kappa shape index (κ1) is 21.4. The number of guanidine groups is 1. The molecule has 0 aliphatic heterocycles. The minimum atomic E-state index is -3.72. The number of sulfonamides is 1. The van der Waals surface area contributed by atoms with Crippen molar-refractivity contribution in [3.05, 3.63) is 59.7 Å². The lowest BCUT2D eigenvalue weighted by atomic mass is 10.0. The zero-order valence-electron chi connectivity index (χ0n) is 14.1. The summed E-state index contributed by atoms with van der Waals surface area (Å²) in [5.41, 5.74) is 8.67. The molecule has 0 atom stereocenters. The van der Waals surface area contributed by atoms with Gasteiger partial charge in [-0.1, -0.05) is 38.1 Å². The van der Waals surface area contributed by atoms with Crippen LogP contribution >= 0.6 is 24.0 Å². The Morgan fingerprint density at radius 2 is 1.84 bits per heavy atom. The second kappa shape index (κ2) is 9.16. The summed E-state index contributed by atoms with van der Waals surface area (Å²) >= 11 is 0. The second-order valence-electron chi connectivity index (χ2n) is 5.80. The fourth-order valence-electron chi connectivity index (χ4n) is 2.16. The Hall–Kier alpha value is -1.65. The fourth-order valence-corrected chi connectivity index (χ4v) is 2.74. The maximum Gasteiger partial charge on any atom is 0.238 e. The van der Waals surface area contributed by atoms with Gasteiger partial charge in [-0.15, -0.1) is 24.0 Å². The summed E-state index contributed by atoms with van der Waals surface area (Å²) in [5.74, 6) is 0.683. The van der Waals surface area contributed by atoms with Crippen molar-refractivity contribution in [2.75, 3.05) is 5.32 Å². The first-order valence-corrected chi connectivity index (χ1v) is 9.09. The smallest absolute Gasteiger partial charge is 0.238 e. The third-order valence-electron chi connectivity index (χ3n) is 3.48. The predicted molar refractivity (Wildman–Crippen MR) is 113 cm³/mol. The molecule has 2 rings (SSSR count). The third kappa shape index (κ3) is 6.63. The van der Waals surface area contributed by atoms with E-state index in [0.29, 0.717) is 11.5 Å². The molecule has 0 radical (unpaired) electrons. The molecule has 6 nitrogen and oxygen atoms in total. The van der Waals surface area contributed by atoms with Gasteiger partial charge < -0.3 is 11.1 Å². The Kier molecular flexibility index (Phi) is 7.84. The summed E-state index contributed by atoms with van der Waals surface area (Å²) in [4.78, 5) is 4.30. The van der Waals surface area contributed by atoms with Crippen LogP contribution in [0, 0.1) is 0 Å². The summed E-state index contributed by atoms with van der Waals surface area (Å²) in [7, 11) is -3.72. The van der Waals surface area contributed by atoms with Crippen LogP contribution in [-0.4, -0.2) is 14.4 Å². The molecule has 0 bridgehead atoms. The van der Waals surface area contributed by atoms with Crippen molar-refractivity contribution in [3.8, 4) is 0 Å². The summed E-state index contributed by atoms with van der Waals surface area (Å²) in [6.45, 7) is 4.50. The summed E-state index contributed by atoms with van der Waals surface area (Å²) in [6, 6.07) is 14.3. The number of hydrogen-bond acceptors (Lipinski definition) is 3. The van der Waals surface area contributed by atoms with Gasteiger partial charge in [0.1, 0.15) is 0 Å². The monoisotopic (exact) mass is 474 g/mol. The Labute approximate surface area is 165 Å². The van der Waals surface area contributed by atoms with Crippen LogP contribution in [0.5, 0.6) is 0 Å². The molecular weight excluding hydrogens is 451 g/mol. The number of benzene rings is 2. The first-order valence-electron chi connectivity index (χ1n) is 7.54. The van der Waals surface area contributed by atoms with Crippen molar-refractivity contribution >= 4 is 45.6 Å². The van der Waals surface area contributed by atoms with E-state index >= 15 is 0 Å². The van der Waals surface area contributed by atoms with E-state index in [2.05, 4.69) is 30.2 Å². The van der Waals surface area contributed by atoms with Gasteiger partial charge in [0, 0.05) is 5.69 Å². The molecule has 0 amide bonds. The van der Waals surface area contributed by atoms with Gasteiger partial charge in [0.2, 0.25) is 10.0 Å². The fraction of sp³-hybridized carbons (Fsp3) is 0.235. The average Bonchev–Trinajstić information content (AvgIpc) is 2.52. The van der Waals surface area contributed by atoms with E-state index in [-0.39, 0.29) is 41.4 Å². The van der Waals surface area contributed by atoms with Crippen molar-refractivity contribution in [2.24, 2.45) is 15.9 Å². The molecule has 0 aliphatic carbocycles. The van der Waals surface area contributed by atoms with Crippen molar-refractivity contribution in [1.29, 1.82) is 0 Å². The van der Waals surface area contributed by atoms with Crippen LogP contribution in [0.25, 0.3) is 0 Å². The van der Waals surface area contributed by atoms with Crippen LogP contribution in [0.1, 0.15) is 30.9 Å². The Balaban J connectivity index is 0.00000312. The summed E-state index contributed by atoms with van der Waals surface area (Å²) in [6.07, 6.45) is 0. The predicted octanol–water partition coefficient (Wildman–Crippen LogP) is 3.00. The van der Waals surface area contributed by atoms with E-state index in [4.69, 9.17) is 10.9 Å². The lowest BCUT2D eigenvalue weighted by Gasteiger charge is -2.10. The van der Waals surface area contributed by atoms with Crippen molar-refractivity contribution in [1.82, 2.24) is 0 Å². The molecule has 0 fully saturated rings. The number of nitrogens with zero attached hydrogens (tertiary/aromatic N) is 1. The summed E-state index contributed by atoms with van der Waals surface area (Å²) < 4.78 is 22.7. The molecule has 0 spiro atoms. The van der Waals surface area contributed by atoms with Gasteiger partial charge in [0.15, 0.2) is 5.96 Å². The third-order valence-corrected chi connectivity index (χ3v) is 4.40. The van der Waals surface area contributed by atoms with Crippen molar-refractivity contribution < 1.29 is 8.42 Å². The van der Waals surface area contributed by atoms with Gasteiger partial charge in [0.25, 0.3) is 0 Å². The maximum absolute atomic E-state index is 11.4. The Bertz CT molecular complexity index is 851. The molecule has 0 heterocycles. The minimum Gasteiger partial charge on any atom is -0.370 e. The van der Waals surface area contributed by atoms with Crippen LogP contribution in [-0.2, 0) is 16.6 Å². The number of primary sulfonamides is 1. The highest BCUT2D eigenvalue weighted by molar-refractivity contribution is 14.0. The van der Waals surface area contributed by atoms with Gasteiger partial charge in [-0.05, 0) is 41.3 Å². The van der Waals surface area contributed by atoms with E-state index < -0.39 is 10.0 Å². The van der Waals surface area contributed by atoms with E-state index in [0.717, 1.165) is 5.69 Å². The molecule has 2 aromatic rings. The number of nitrogens with one attached hydrogen (secondary N) is 1. The maximum atomic E-state index is 11.4. The number of hydrogen-bond donors (Lipinski definition) is 3. The molecule has 136 valence electrons. The number of anilines is 1. The van der Waals surface area contributed by atoms with E-state index in [9.17, 15) is 8.42 Å². The Morgan fingerprint density at radius 1 is 1.16 bits per heavy atom. The molecule has 0 saturated heterocycles. The largest absolute Gasteiger partial charge is 0.370 e. The van der Waals surface area contributed by atoms with Crippen LogP contribution < -0.4 is 16.2 Å². The van der Waals surface area contributed by atoms with Crippen LogP contribution in [0.2, 0.25) is 0 Å². The van der Waals surface area contributed by atoms with Gasteiger partial charge in [-0.25, -0.2) is 18.5 Å². The van der Waals surface area contributed by atoms with Crippen LogP contribution in [0.15, 0.2) is 58.4 Å². The standard InChI is InChI=1S/C17H22N4O2S.HI/c1-12(2)14-6-4-7-15(10-14)21-17(18)20-11-13-5-3-8-16(9-13)24(19,22)23;/h3-10,12H,11H2,1-2H3,(H3,18,20,21)(H2,19,22,23);1H. The van der Waals surface area contributed by atoms with Crippen LogP contribution in [0.3, 0.4) is 0 Å². The number of halogens is 1. The quantitative estimate of drug-likeness (QED) is 0.352. The highest BCUT2D eigenvalue weighted by Gasteiger charge is 2.07. The van der Waals surface area contributed by atoms with Gasteiger partial charge in [-0.3, -0.25) is 0 Å². The molecule has 8 heteroatoms. The molecule has 2 aromatic carbocycles. The van der Waals surface area contributed by atoms with E-state index in [1.165, 1.54) is 17.7 Å². The van der Waals surface area contributed by atoms with Crippen molar-refractivity contribution in [3.63, 3.8) is 0 Å². The zero-order valence-corrected chi connectivity index (χ0v) is 17.3. The highest BCUT2D eigenvalue weighted by Crippen LogP contribution is 2.18. The molecule has 0 unspecified atom stereocenters. The van der Waals surface area contributed by atoms with E-state index in [1.54, 1.807) is 12.1 Å². The highest BCUT2D eigenvalue weighted by atomic mass is 127. The van der Waals surface area contributed by atoms with Crippen LogP contribution in [0.4, 0.5) is 5.69 Å². The molecule has 0 aliphatic rings. The zero-order chi connectivity index (χ0) is 17.7. The number of aliphatic imine (C=N–C) groups is 1. The van der Waals surface area contributed by atoms with Gasteiger partial charge >= 0.3 is 0 Å². The first-order chi connectivity index (χ1) is 11.3. The molecular formula is C17H23IN4O2S. The van der Waals surface area contributed by atoms with Gasteiger partial charge in [0.05, 0.1) is 11.4 Å². The topological polar surface area (TPSA) is 111 Å². The second-order valence-corrected chi connectivity index (χ2v) is 7.36. The lowest BCUT2D eigenvalue weighted by molar-refractivity contribution is 0.597. The van der Waals surface area contributed by atoms with Crippen molar-refractivity contribution in [2.45, 2.75) is 31.2 Å².